The van der Waals surface area contributed by atoms with Crippen LogP contribution < -0.4 is 0 Å². The lowest BCUT2D eigenvalue weighted by molar-refractivity contribution is -0.132. The zero-order valence-corrected chi connectivity index (χ0v) is 16.6. The molecule has 1 aliphatic rings. The third-order valence-corrected chi connectivity index (χ3v) is 5.32. The number of nitrogens with zero attached hydrogens (tertiary/aromatic N) is 3. The Labute approximate surface area is 162 Å². The molecule has 2 heterocycles. The van der Waals surface area contributed by atoms with Crippen molar-refractivity contribution in [3.63, 3.8) is 0 Å². The van der Waals surface area contributed by atoms with E-state index in [0.29, 0.717) is 18.1 Å². The zero-order valence-electron chi connectivity index (χ0n) is 16.6. The van der Waals surface area contributed by atoms with Crippen molar-refractivity contribution in [1.29, 1.82) is 0 Å². The molecular formula is C22H31N3O2. The molecule has 0 bridgehead atoms. The number of aryl methyl sites for hydroxylation is 1. The van der Waals surface area contributed by atoms with Gasteiger partial charge in [0.05, 0.1) is 0 Å². The zero-order chi connectivity index (χ0) is 19.1. The van der Waals surface area contributed by atoms with Gasteiger partial charge in [-0.3, -0.25) is 4.79 Å². The lowest BCUT2D eigenvalue weighted by atomic mass is 10.1. The Kier molecular flexibility index (Phi) is 7.02. The normalized spacial score (nSPS) is 16.8. The molecule has 0 N–H and O–H groups in total. The fraction of sp³-hybridized carbons (Fsp3) is 0.591. The molecule has 5 heteroatoms. The van der Waals surface area contributed by atoms with E-state index in [2.05, 4.69) is 17.1 Å². The molecule has 1 aromatic heterocycles. The fourth-order valence-corrected chi connectivity index (χ4v) is 3.79. The minimum absolute atomic E-state index is 0.0661. The van der Waals surface area contributed by atoms with Crippen LogP contribution in [0.25, 0.3) is 11.4 Å². The summed E-state index contributed by atoms with van der Waals surface area (Å²) in [6, 6.07) is 8.00. The molecule has 1 atom stereocenters. The number of unbranched alkanes of at least 4 members (excludes halogenated alkanes) is 5. The maximum atomic E-state index is 12.7. The molecule has 3 rings (SSSR count). The predicted molar refractivity (Wildman–Crippen MR) is 106 cm³/mol. The van der Waals surface area contributed by atoms with Crippen LogP contribution >= 0.6 is 0 Å². The number of carbonyl (C=O) groups is 1. The second-order valence-electron chi connectivity index (χ2n) is 7.59. The Balaban J connectivity index is 1.57. The molecule has 1 amide bonds. The summed E-state index contributed by atoms with van der Waals surface area (Å²) < 4.78 is 5.54. The van der Waals surface area contributed by atoms with Crippen molar-refractivity contribution in [2.24, 2.45) is 0 Å². The summed E-state index contributed by atoms with van der Waals surface area (Å²) in [4.78, 5) is 19.2. The number of carbonyl (C=O) groups excluding carboxylic acids is 1. The monoisotopic (exact) mass is 369 g/mol. The summed E-state index contributed by atoms with van der Waals surface area (Å²) in [5.41, 5.74) is 2.11. The highest BCUT2D eigenvalue weighted by atomic mass is 16.5. The van der Waals surface area contributed by atoms with Crippen LogP contribution in [0.4, 0.5) is 0 Å². The topological polar surface area (TPSA) is 59.2 Å². The van der Waals surface area contributed by atoms with Crippen LogP contribution in [0.5, 0.6) is 0 Å². The van der Waals surface area contributed by atoms with E-state index in [1.807, 2.05) is 36.1 Å². The van der Waals surface area contributed by atoms with Gasteiger partial charge in [0.15, 0.2) is 0 Å². The molecule has 2 aromatic rings. The van der Waals surface area contributed by atoms with Crippen molar-refractivity contribution in [2.45, 2.75) is 77.7 Å². The summed E-state index contributed by atoms with van der Waals surface area (Å²) in [6.07, 6.45) is 9.70. The molecule has 1 aliphatic heterocycles. The van der Waals surface area contributed by atoms with Crippen LogP contribution in [0, 0.1) is 6.92 Å². The third-order valence-electron chi connectivity index (χ3n) is 5.32. The smallest absolute Gasteiger partial charge is 0.249 e. The van der Waals surface area contributed by atoms with Gasteiger partial charge in [0.25, 0.3) is 0 Å². The second-order valence-corrected chi connectivity index (χ2v) is 7.59. The van der Waals surface area contributed by atoms with E-state index in [0.717, 1.165) is 43.4 Å². The van der Waals surface area contributed by atoms with Crippen molar-refractivity contribution < 1.29 is 9.32 Å². The third kappa shape index (κ3) is 5.18. The second kappa shape index (κ2) is 9.67. The molecule has 146 valence electrons. The fourth-order valence-electron chi connectivity index (χ4n) is 3.79. The Hall–Kier alpha value is -2.17. The SMILES string of the molecule is CCCCCCCCC(=O)N1CCCC1c1nc(-c2cccc(C)c2)no1. The molecule has 5 nitrogen and oxygen atoms in total. The van der Waals surface area contributed by atoms with Crippen LogP contribution in [0.1, 0.15) is 82.2 Å². The van der Waals surface area contributed by atoms with Crippen molar-refractivity contribution in [3.8, 4) is 11.4 Å². The number of amides is 1. The molecule has 27 heavy (non-hydrogen) atoms. The van der Waals surface area contributed by atoms with Crippen molar-refractivity contribution >= 4 is 5.91 Å². The highest BCUT2D eigenvalue weighted by Gasteiger charge is 2.33. The Morgan fingerprint density at radius 3 is 2.85 bits per heavy atom. The lowest BCUT2D eigenvalue weighted by Crippen LogP contribution is -2.30. The number of hydrogen-bond donors (Lipinski definition) is 0. The largest absolute Gasteiger partial charge is 0.337 e. The summed E-state index contributed by atoms with van der Waals surface area (Å²) in [6.45, 7) is 5.06. The van der Waals surface area contributed by atoms with Crippen LogP contribution in [-0.2, 0) is 4.79 Å². The number of likely N-dealkylation sites (tertiary alicyclic amines) is 1. The molecule has 0 radical (unpaired) electrons. The van der Waals surface area contributed by atoms with E-state index in [9.17, 15) is 4.79 Å². The first-order valence-corrected chi connectivity index (χ1v) is 10.4. The summed E-state index contributed by atoms with van der Waals surface area (Å²) in [5, 5.41) is 4.15. The van der Waals surface area contributed by atoms with Gasteiger partial charge in [-0.15, -0.1) is 0 Å². The van der Waals surface area contributed by atoms with Crippen molar-refractivity contribution in [2.75, 3.05) is 6.54 Å². The minimum Gasteiger partial charge on any atom is -0.337 e. The Morgan fingerprint density at radius 1 is 1.22 bits per heavy atom. The number of rotatable bonds is 9. The number of benzene rings is 1. The number of hydrogen-bond acceptors (Lipinski definition) is 4. The Bertz CT molecular complexity index is 741. The highest BCUT2D eigenvalue weighted by molar-refractivity contribution is 5.76. The van der Waals surface area contributed by atoms with Crippen LogP contribution in [0.15, 0.2) is 28.8 Å². The Morgan fingerprint density at radius 2 is 2.04 bits per heavy atom. The molecular weight excluding hydrogens is 338 g/mol. The molecule has 1 fully saturated rings. The lowest BCUT2D eigenvalue weighted by Gasteiger charge is -2.21. The van der Waals surface area contributed by atoms with Gasteiger partial charge < -0.3 is 9.42 Å². The van der Waals surface area contributed by atoms with E-state index in [1.165, 1.54) is 25.7 Å². The first-order valence-electron chi connectivity index (χ1n) is 10.4. The van der Waals surface area contributed by atoms with E-state index in [4.69, 9.17) is 4.52 Å². The van der Waals surface area contributed by atoms with Gasteiger partial charge in [0.1, 0.15) is 6.04 Å². The summed E-state index contributed by atoms with van der Waals surface area (Å²) in [7, 11) is 0. The minimum atomic E-state index is -0.0661. The average molecular weight is 370 g/mol. The van der Waals surface area contributed by atoms with E-state index < -0.39 is 0 Å². The molecule has 0 spiro atoms. The summed E-state index contributed by atoms with van der Waals surface area (Å²) in [5.74, 6) is 1.40. The first kappa shape index (κ1) is 19.6. The van der Waals surface area contributed by atoms with Gasteiger partial charge in [0, 0.05) is 18.5 Å². The van der Waals surface area contributed by atoms with E-state index in [1.54, 1.807) is 0 Å². The average Bonchev–Trinajstić information content (AvgIpc) is 3.33. The van der Waals surface area contributed by atoms with Crippen molar-refractivity contribution in [3.05, 3.63) is 35.7 Å². The molecule has 1 saturated heterocycles. The standard InChI is InChI=1S/C22H31N3O2/c1-3-4-5-6-7-8-14-20(26)25-15-10-13-19(25)22-23-21(24-27-22)18-12-9-11-17(2)16-18/h9,11-12,16,19H,3-8,10,13-15H2,1-2H3. The first-order chi connectivity index (χ1) is 13.2. The van der Waals surface area contributed by atoms with Gasteiger partial charge >= 0.3 is 0 Å². The molecule has 0 aliphatic carbocycles. The van der Waals surface area contributed by atoms with Gasteiger partial charge in [-0.1, -0.05) is 67.9 Å². The van der Waals surface area contributed by atoms with Gasteiger partial charge in [0.2, 0.25) is 17.6 Å². The molecule has 1 aromatic carbocycles. The quantitative estimate of drug-likeness (QED) is 0.551. The molecule has 0 saturated carbocycles. The molecule has 1 unspecified atom stereocenters. The van der Waals surface area contributed by atoms with Gasteiger partial charge in [-0.25, -0.2) is 0 Å². The maximum Gasteiger partial charge on any atom is 0.249 e. The van der Waals surface area contributed by atoms with Crippen LogP contribution in [0.2, 0.25) is 0 Å². The summed E-state index contributed by atoms with van der Waals surface area (Å²) >= 11 is 0. The predicted octanol–water partition coefficient (Wildman–Crippen LogP) is 5.46. The van der Waals surface area contributed by atoms with Crippen LogP contribution in [-0.4, -0.2) is 27.5 Å². The van der Waals surface area contributed by atoms with Crippen molar-refractivity contribution in [1.82, 2.24) is 15.0 Å². The maximum absolute atomic E-state index is 12.7. The van der Waals surface area contributed by atoms with Crippen LogP contribution in [0.3, 0.4) is 0 Å². The van der Waals surface area contributed by atoms with E-state index in [-0.39, 0.29) is 11.9 Å². The number of aromatic nitrogens is 2. The van der Waals surface area contributed by atoms with Gasteiger partial charge in [-0.05, 0) is 32.3 Å². The van der Waals surface area contributed by atoms with E-state index >= 15 is 0 Å². The highest BCUT2D eigenvalue weighted by Crippen LogP contribution is 2.32. The van der Waals surface area contributed by atoms with Gasteiger partial charge in [-0.2, -0.15) is 4.98 Å².